The van der Waals surface area contributed by atoms with Crippen molar-refractivity contribution in [2.75, 3.05) is 18.0 Å². The largest absolute Gasteiger partial charge is 0.355 e. The van der Waals surface area contributed by atoms with E-state index in [0.29, 0.717) is 10.7 Å². The van der Waals surface area contributed by atoms with E-state index in [0.717, 1.165) is 42.7 Å². The molecule has 1 unspecified atom stereocenters. The van der Waals surface area contributed by atoms with Gasteiger partial charge in [-0.15, -0.1) is 0 Å². The number of nitrogens with one attached hydrogen (secondary N) is 1. The maximum absolute atomic E-state index is 12.4. The maximum Gasteiger partial charge on any atom is 0.269 e. The molecule has 0 aliphatic carbocycles. The molecule has 26 heavy (non-hydrogen) atoms. The Kier molecular flexibility index (Phi) is 4.51. The van der Waals surface area contributed by atoms with Gasteiger partial charge in [-0.2, -0.15) is 5.10 Å². The third-order valence-electron chi connectivity index (χ3n) is 4.77. The summed E-state index contributed by atoms with van der Waals surface area (Å²) >= 11 is 6.04. The first-order valence-corrected chi connectivity index (χ1v) is 9.08. The van der Waals surface area contributed by atoms with Crippen molar-refractivity contribution >= 4 is 34.2 Å². The fourth-order valence-corrected chi connectivity index (χ4v) is 3.60. The van der Waals surface area contributed by atoms with Crippen LogP contribution in [0.15, 0.2) is 42.6 Å². The van der Waals surface area contributed by atoms with Crippen LogP contribution in [0.5, 0.6) is 0 Å². The highest BCUT2D eigenvalue weighted by Crippen LogP contribution is 2.23. The highest BCUT2D eigenvalue weighted by atomic mass is 35.5. The van der Waals surface area contributed by atoms with Crippen LogP contribution < -0.4 is 10.2 Å². The van der Waals surface area contributed by atoms with Gasteiger partial charge in [-0.05, 0) is 49.2 Å². The van der Waals surface area contributed by atoms with Gasteiger partial charge in [0.25, 0.3) is 5.91 Å². The SMILES string of the molecule is Cn1nccc1C(=O)NC1CCCN(c2ccc3cc(Cl)ccc3n2)C1. The molecule has 0 bridgehead atoms. The number of amides is 1. The number of hydrogen-bond donors (Lipinski definition) is 1. The van der Waals surface area contributed by atoms with Crippen molar-refractivity contribution in [3.8, 4) is 0 Å². The molecule has 1 aliphatic heterocycles. The molecule has 6 nitrogen and oxygen atoms in total. The minimum Gasteiger partial charge on any atom is -0.355 e. The number of rotatable bonds is 3. The van der Waals surface area contributed by atoms with Gasteiger partial charge >= 0.3 is 0 Å². The number of nitrogens with zero attached hydrogens (tertiary/aromatic N) is 4. The van der Waals surface area contributed by atoms with Gasteiger partial charge in [0.05, 0.1) is 5.52 Å². The molecule has 1 N–H and O–H groups in total. The number of fused-ring (bicyclic) bond motifs is 1. The molecule has 1 fully saturated rings. The number of carbonyl (C=O) groups excluding carboxylic acids is 1. The average molecular weight is 370 g/mol. The van der Waals surface area contributed by atoms with E-state index in [1.807, 2.05) is 30.3 Å². The van der Waals surface area contributed by atoms with Crippen LogP contribution in [0.1, 0.15) is 23.3 Å². The van der Waals surface area contributed by atoms with Crippen LogP contribution in [-0.2, 0) is 7.05 Å². The van der Waals surface area contributed by atoms with Gasteiger partial charge in [0, 0.05) is 42.8 Å². The molecule has 0 saturated carbocycles. The second-order valence-corrected chi connectivity index (χ2v) is 7.04. The predicted molar refractivity (Wildman–Crippen MR) is 103 cm³/mol. The zero-order valence-corrected chi connectivity index (χ0v) is 15.3. The molecule has 1 aromatic carbocycles. The molecule has 3 aromatic rings. The summed E-state index contributed by atoms with van der Waals surface area (Å²) in [4.78, 5) is 19.4. The summed E-state index contributed by atoms with van der Waals surface area (Å²) in [6.45, 7) is 1.68. The number of halogens is 1. The Morgan fingerprint density at radius 2 is 2.15 bits per heavy atom. The van der Waals surface area contributed by atoms with Gasteiger partial charge in [-0.25, -0.2) is 4.98 Å². The lowest BCUT2D eigenvalue weighted by molar-refractivity contribution is 0.0923. The fourth-order valence-electron chi connectivity index (χ4n) is 3.42. The third kappa shape index (κ3) is 3.37. The molecule has 3 heterocycles. The highest BCUT2D eigenvalue weighted by molar-refractivity contribution is 6.31. The number of pyridine rings is 1. The molecule has 1 amide bonds. The van der Waals surface area contributed by atoms with Crippen molar-refractivity contribution in [3.05, 3.63) is 53.3 Å². The molecule has 0 spiro atoms. The number of anilines is 1. The van der Waals surface area contributed by atoms with E-state index >= 15 is 0 Å². The van der Waals surface area contributed by atoms with Crippen molar-refractivity contribution in [2.24, 2.45) is 7.05 Å². The first-order chi connectivity index (χ1) is 12.6. The second kappa shape index (κ2) is 6.96. The number of aromatic nitrogens is 3. The quantitative estimate of drug-likeness (QED) is 0.770. The van der Waals surface area contributed by atoms with Crippen molar-refractivity contribution in [2.45, 2.75) is 18.9 Å². The van der Waals surface area contributed by atoms with E-state index in [4.69, 9.17) is 16.6 Å². The first-order valence-electron chi connectivity index (χ1n) is 8.70. The molecular weight excluding hydrogens is 350 g/mol. The average Bonchev–Trinajstić information content (AvgIpc) is 3.07. The predicted octanol–water partition coefficient (Wildman–Crippen LogP) is 3.02. The van der Waals surface area contributed by atoms with E-state index in [9.17, 15) is 4.79 Å². The van der Waals surface area contributed by atoms with Crippen LogP contribution in [0.3, 0.4) is 0 Å². The zero-order chi connectivity index (χ0) is 18.1. The normalized spacial score (nSPS) is 17.5. The summed E-state index contributed by atoms with van der Waals surface area (Å²) in [5, 5.41) is 8.91. The first kappa shape index (κ1) is 16.8. The van der Waals surface area contributed by atoms with Crippen LogP contribution in [0.4, 0.5) is 5.82 Å². The summed E-state index contributed by atoms with van der Waals surface area (Å²) in [5.74, 6) is 0.845. The minimum atomic E-state index is -0.0852. The van der Waals surface area contributed by atoms with Crippen LogP contribution in [0.25, 0.3) is 10.9 Å². The Balaban J connectivity index is 1.49. The Bertz CT molecular complexity index is 954. The Morgan fingerprint density at radius 3 is 2.96 bits per heavy atom. The summed E-state index contributed by atoms with van der Waals surface area (Å²) in [6, 6.07) is 11.6. The topological polar surface area (TPSA) is 63.1 Å². The summed E-state index contributed by atoms with van der Waals surface area (Å²) in [5.41, 5.74) is 1.50. The Morgan fingerprint density at radius 1 is 1.27 bits per heavy atom. The molecule has 1 aliphatic rings. The van der Waals surface area contributed by atoms with Gasteiger partial charge in [-0.1, -0.05) is 11.6 Å². The van der Waals surface area contributed by atoms with Gasteiger partial charge < -0.3 is 10.2 Å². The summed E-state index contributed by atoms with van der Waals surface area (Å²) in [7, 11) is 1.77. The van der Waals surface area contributed by atoms with Crippen molar-refractivity contribution < 1.29 is 4.79 Å². The Labute approximate surface area is 156 Å². The zero-order valence-electron chi connectivity index (χ0n) is 14.5. The smallest absolute Gasteiger partial charge is 0.269 e. The fraction of sp³-hybridized carbons (Fsp3) is 0.316. The molecule has 1 atom stereocenters. The van der Waals surface area contributed by atoms with Gasteiger partial charge in [0.15, 0.2) is 0 Å². The number of benzene rings is 1. The van der Waals surface area contributed by atoms with Crippen molar-refractivity contribution in [3.63, 3.8) is 0 Å². The van der Waals surface area contributed by atoms with Gasteiger partial charge in [0.1, 0.15) is 11.5 Å². The Hall–Kier alpha value is -2.60. The molecule has 4 rings (SSSR count). The number of aryl methyl sites for hydroxylation is 1. The number of hydrogen-bond acceptors (Lipinski definition) is 4. The van der Waals surface area contributed by atoms with E-state index in [1.165, 1.54) is 0 Å². The van der Waals surface area contributed by atoms with Crippen molar-refractivity contribution in [1.82, 2.24) is 20.1 Å². The van der Waals surface area contributed by atoms with Crippen LogP contribution in [0, 0.1) is 0 Å². The van der Waals surface area contributed by atoms with Gasteiger partial charge in [-0.3, -0.25) is 9.48 Å². The van der Waals surface area contributed by atoms with Crippen LogP contribution in [-0.4, -0.2) is 39.8 Å². The molecule has 134 valence electrons. The molecule has 0 radical (unpaired) electrons. The second-order valence-electron chi connectivity index (χ2n) is 6.61. The molecule has 2 aromatic heterocycles. The van der Waals surface area contributed by atoms with Crippen molar-refractivity contribution in [1.29, 1.82) is 0 Å². The maximum atomic E-state index is 12.4. The minimum absolute atomic E-state index is 0.0852. The molecule has 7 heteroatoms. The standard InChI is InChI=1S/C19H20ClN5O/c1-24-17(8-9-21-24)19(26)22-15-3-2-10-25(12-15)18-7-4-13-11-14(20)5-6-16(13)23-18/h4-9,11,15H,2-3,10,12H2,1H3,(H,22,26). The van der Waals surface area contributed by atoms with E-state index in [1.54, 1.807) is 24.0 Å². The lowest BCUT2D eigenvalue weighted by Gasteiger charge is -2.34. The molecular formula is C19H20ClN5O. The van der Waals surface area contributed by atoms with Crippen LogP contribution >= 0.6 is 11.6 Å². The van der Waals surface area contributed by atoms with Gasteiger partial charge in [0.2, 0.25) is 0 Å². The van der Waals surface area contributed by atoms with Crippen LogP contribution in [0.2, 0.25) is 5.02 Å². The lowest BCUT2D eigenvalue weighted by Crippen LogP contribution is -2.48. The third-order valence-corrected chi connectivity index (χ3v) is 5.01. The number of piperidine rings is 1. The van der Waals surface area contributed by atoms with E-state index < -0.39 is 0 Å². The highest BCUT2D eigenvalue weighted by Gasteiger charge is 2.23. The van der Waals surface area contributed by atoms with E-state index in [-0.39, 0.29) is 11.9 Å². The molecule has 1 saturated heterocycles. The monoisotopic (exact) mass is 369 g/mol. The van der Waals surface area contributed by atoms with E-state index in [2.05, 4.69) is 15.3 Å². The number of carbonyl (C=O) groups is 1. The summed E-state index contributed by atoms with van der Waals surface area (Å²) in [6.07, 6.45) is 3.60. The summed E-state index contributed by atoms with van der Waals surface area (Å²) < 4.78 is 1.59. The lowest BCUT2D eigenvalue weighted by atomic mass is 10.1.